The van der Waals surface area contributed by atoms with Crippen LogP contribution in [0.15, 0.2) is 30.3 Å². The molecule has 0 saturated carbocycles. The summed E-state index contributed by atoms with van der Waals surface area (Å²) in [5.41, 5.74) is -0.290. The molecule has 0 bridgehead atoms. The molecule has 7 heteroatoms. The van der Waals surface area contributed by atoms with Crippen molar-refractivity contribution in [2.45, 2.75) is 44.4 Å². The van der Waals surface area contributed by atoms with Crippen LogP contribution in [0.4, 0.5) is 9.59 Å². The number of nitrogens with zero attached hydrogens (tertiary/aromatic N) is 1. The van der Waals surface area contributed by atoms with Crippen LogP contribution < -0.4 is 5.32 Å². The van der Waals surface area contributed by atoms with E-state index in [1.54, 1.807) is 0 Å². The summed E-state index contributed by atoms with van der Waals surface area (Å²) >= 11 is 0. The van der Waals surface area contributed by atoms with Gasteiger partial charge in [0.1, 0.15) is 6.61 Å². The van der Waals surface area contributed by atoms with E-state index >= 15 is 0 Å². The van der Waals surface area contributed by atoms with Gasteiger partial charge in [0.25, 0.3) is 0 Å². The van der Waals surface area contributed by atoms with E-state index in [9.17, 15) is 19.8 Å². The molecule has 2 amide bonds. The van der Waals surface area contributed by atoms with E-state index in [4.69, 9.17) is 4.74 Å². The Balaban J connectivity index is 1.99. The molecular formula is C17H24N2O5. The number of hydrogen-bond acceptors (Lipinski definition) is 4. The molecule has 132 valence electrons. The molecule has 1 aromatic carbocycles. The van der Waals surface area contributed by atoms with Crippen LogP contribution >= 0.6 is 0 Å². The van der Waals surface area contributed by atoms with Gasteiger partial charge in [0, 0.05) is 13.1 Å². The Morgan fingerprint density at radius 2 is 2.08 bits per heavy atom. The van der Waals surface area contributed by atoms with Crippen LogP contribution in [0.25, 0.3) is 0 Å². The van der Waals surface area contributed by atoms with E-state index in [0.29, 0.717) is 25.8 Å². The first-order chi connectivity index (χ1) is 11.4. The molecule has 1 heterocycles. The Kier molecular flexibility index (Phi) is 6.03. The minimum absolute atomic E-state index is 0.0418. The van der Waals surface area contributed by atoms with Gasteiger partial charge in [-0.25, -0.2) is 9.59 Å². The molecule has 24 heavy (non-hydrogen) atoms. The quantitative estimate of drug-likeness (QED) is 0.783. The number of carbonyl (C=O) groups is 2. The van der Waals surface area contributed by atoms with Gasteiger partial charge in [-0.15, -0.1) is 0 Å². The highest BCUT2D eigenvalue weighted by Gasteiger charge is 2.40. The van der Waals surface area contributed by atoms with Gasteiger partial charge in [0.05, 0.1) is 11.6 Å². The average molecular weight is 336 g/mol. The molecule has 3 N–H and O–H groups in total. The van der Waals surface area contributed by atoms with Crippen molar-refractivity contribution >= 4 is 12.2 Å². The summed E-state index contributed by atoms with van der Waals surface area (Å²) in [6.45, 7) is 2.32. The third-order valence-corrected chi connectivity index (χ3v) is 4.48. The van der Waals surface area contributed by atoms with Crippen molar-refractivity contribution in [2.24, 2.45) is 0 Å². The number of carbonyl (C=O) groups excluding carboxylic acids is 1. The molecule has 0 aromatic heterocycles. The second kappa shape index (κ2) is 8.01. The fourth-order valence-corrected chi connectivity index (χ4v) is 2.92. The number of benzene rings is 1. The smallest absolute Gasteiger partial charge is 0.407 e. The zero-order valence-electron chi connectivity index (χ0n) is 13.8. The SMILES string of the molecule is CCC1(O)CCCN(C(=O)O)CC1NC(=O)OCc1ccccc1. The molecule has 0 spiro atoms. The molecule has 0 radical (unpaired) electrons. The number of nitrogens with one attached hydrogen (secondary N) is 1. The highest BCUT2D eigenvalue weighted by molar-refractivity contribution is 5.68. The summed E-state index contributed by atoms with van der Waals surface area (Å²) in [6, 6.07) is 8.55. The van der Waals surface area contributed by atoms with Crippen molar-refractivity contribution in [3.63, 3.8) is 0 Å². The lowest BCUT2D eigenvalue weighted by atomic mass is 9.87. The molecule has 1 aliphatic heterocycles. The topological polar surface area (TPSA) is 99.1 Å². The van der Waals surface area contributed by atoms with Crippen molar-refractivity contribution in [3.05, 3.63) is 35.9 Å². The highest BCUT2D eigenvalue weighted by Crippen LogP contribution is 2.26. The van der Waals surface area contributed by atoms with E-state index in [0.717, 1.165) is 5.56 Å². The first-order valence-electron chi connectivity index (χ1n) is 8.12. The monoisotopic (exact) mass is 336 g/mol. The Morgan fingerprint density at radius 3 is 2.71 bits per heavy atom. The molecule has 1 aromatic rings. The van der Waals surface area contributed by atoms with E-state index < -0.39 is 23.8 Å². The number of carboxylic acid groups (broad SMARTS) is 1. The number of amides is 2. The predicted molar refractivity (Wildman–Crippen MR) is 87.6 cm³/mol. The van der Waals surface area contributed by atoms with Crippen molar-refractivity contribution in [3.8, 4) is 0 Å². The molecule has 2 rings (SSSR count). The van der Waals surface area contributed by atoms with Crippen LogP contribution in [-0.2, 0) is 11.3 Å². The lowest BCUT2D eigenvalue weighted by molar-refractivity contribution is -0.00870. The number of likely N-dealkylation sites (tertiary alicyclic amines) is 1. The maximum absolute atomic E-state index is 12.1. The number of aliphatic hydroxyl groups is 1. The second-order valence-electron chi connectivity index (χ2n) is 6.05. The van der Waals surface area contributed by atoms with Crippen LogP contribution in [0.3, 0.4) is 0 Å². The van der Waals surface area contributed by atoms with Crippen LogP contribution in [0.2, 0.25) is 0 Å². The average Bonchev–Trinajstić information content (AvgIpc) is 2.74. The lowest BCUT2D eigenvalue weighted by Gasteiger charge is -2.35. The van der Waals surface area contributed by atoms with E-state index in [1.807, 2.05) is 37.3 Å². The lowest BCUT2D eigenvalue weighted by Crippen LogP contribution is -2.56. The Labute approximate surface area is 141 Å². The summed E-state index contributed by atoms with van der Waals surface area (Å²) in [7, 11) is 0. The molecule has 0 aliphatic carbocycles. The molecule has 1 aliphatic rings. The Hall–Kier alpha value is -2.28. The van der Waals surface area contributed by atoms with Gasteiger partial charge in [-0.1, -0.05) is 37.3 Å². The highest BCUT2D eigenvalue weighted by atomic mass is 16.5. The molecule has 1 saturated heterocycles. The zero-order chi connectivity index (χ0) is 17.6. The third-order valence-electron chi connectivity index (χ3n) is 4.48. The molecule has 7 nitrogen and oxygen atoms in total. The second-order valence-corrected chi connectivity index (χ2v) is 6.05. The van der Waals surface area contributed by atoms with Crippen molar-refractivity contribution in [1.29, 1.82) is 0 Å². The van der Waals surface area contributed by atoms with Gasteiger partial charge in [-0.2, -0.15) is 0 Å². The summed E-state index contributed by atoms with van der Waals surface area (Å²) < 4.78 is 5.18. The van der Waals surface area contributed by atoms with Crippen molar-refractivity contribution < 1.29 is 24.5 Å². The van der Waals surface area contributed by atoms with Crippen LogP contribution in [0, 0.1) is 0 Å². The van der Waals surface area contributed by atoms with Gasteiger partial charge in [0.15, 0.2) is 0 Å². The Bertz CT molecular complexity index is 565. The predicted octanol–water partition coefficient (Wildman–Crippen LogP) is 2.20. The normalized spacial score (nSPS) is 24.1. The van der Waals surface area contributed by atoms with Crippen LogP contribution in [-0.4, -0.2) is 52.0 Å². The van der Waals surface area contributed by atoms with Crippen molar-refractivity contribution in [2.75, 3.05) is 13.1 Å². The van der Waals surface area contributed by atoms with Gasteiger partial charge in [0.2, 0.25) is 0 Å². The van der Waals surface area contributed by atoms with Crippen LogP contribution in [0.5, 0.6) is 0 Å². The zero-order valence-corrected chi connectivity index (χ0v) is 13.8. The van der Waals surface area contributed by atoms with E-state index in [1.165, 1.54) is 4.90 Å². The van der Waals surface area contributed by atoms with E-state index in [-0.39, 0.29) is 13.2 Å². The minimum Gasteiger partial charge on any atom is -0.465 e. The van der Waals surface area contributed by atoms with Gasteiger partial charge >= 0.3 is 12.2 Å². The standard InChI is InChI=1S/C17H24N2O5/c1-2-17(23)9-6-10-19(16(21)22)11-14(17)18-15(20)24-12-13-7-4-3-5-8-13/h3-5,7-8,14,23H,2,6,9-12H2,1H3,(H,18,20)(H,21,22). The number of hydrogen-bond donors (Lipinski definition) is 3. The number of rotatable bonds is 4. The summed E-state index contributed by atoms with van der Waals surface area (Å²) in [6.07, 6.45) is -0.322. The maximum Gasteiger partial charge on any atom is 0.407 e. The van der Waals surface area contributed by atoms with Gasteiger partial charge in [-0.05, 0) is 24.8 Å². The fourth-order valence-electron chi connectivity index (χ4n) is 2.92. The third kappa shape index (κ3) is 4.61. The fraction of sp³-hybridized carbons (Fsp3) is 0.529. The first kappa shape index (κ1) is 18.1. The molecular weight excluding hydrogens is 312 g/mol. The molecule has 1 fully saturated rings. The number of alkyl carbamates (subject to hydrolysis) is 1. The Morgan fingerprint density at radius 1 is 1.38 bits per heavy atom. The summed E-state index contributed by atoms with van der Waals surface area (Å²) in [5, 5.41) is 22.6. The largest absolute Gasteiger partial charge is 0.465 e. The maximum atomic E-state index is 12.1. The molecule has 2 atom stereocenters. The summed E-state index contributed by atoms with van der Waals surface area (Å²) in [5.74, 6) is 0. The minimum atomic E-state index is -1.14. The molecule has 2 unspecified atom stereocenters. The van der Waals surface area contributed by atoms with E-state index in [2.05, 4.69) is 5.32 Å². The van der Waals surface area contributed by atoms with Gasteiger partial charge in [-0.3, -0.25) is 0 Å². The van der Waals surface area contributed by atoms with Crippen molar-refractivity contribution in [1.82, 2.24) is 10.2 Å². The van der Waals surface area contributed by atoms with Gasteiger partial charge < -0.3 is 25.2 Å². The summed E-state index contributed by atoms with van der Waals surface area (Å²) in [4.78, 5) is 24.5. The van der Waals surface area contributed by atoms with Crippen LogP contribution in [0.1, 0.15) is 31.7 Å². The number of ether oxygens (including phenoxy) is 1. The first-order valence-corrected chi connectivity index (χ1v) is 8.12.